The summed E-state index contributed by atoms with van der Waals surface area (Å²) in [5, 5.41) is 12.4. The number of thioether (sulfide) groups is 1. The lowest BCUT2D eigenvalue weighted by Gasteiger charge is -2.19. The van der Waals surface area contributed by atoms with E-state index in [9.17, 15) is 9.59 Å². The third-order valence-corrected chi connectivity index (χ3v) is 6.56. The Morgan fingerprint density at radius 3 is 2.21 bits per heavy atom. The minimum Gasteiger partial charge on any atom is -0.324 e. The highest BCUT2D eigenvalue weighted by atomic mass is 32.2. The quantitative estimate of drug-likeness (QED) is 0.425. The first-order valence-electron chi connectivity index (χ1n) is 11.0. The first-order chi connectivity index (χ1) is 15.6. The van der Waals surface area contributed by atoms with Crippen LogP contribution in [0.15, 0.2) is 59.8 Å². The number of nitrogens with one attached hydrogen (secondary N) is 1. The fraction of sp³-hybridized carbons (Fsp3) is 0.360. The van der Waals surface area contributed by atoms with E-state index in [2.05, 4.69) is 60.6 Å². The van der Waals surface area contributed by atoms with Crippen LogP contribution in [0.3, 0.4) is 0 Å². The van der Waals surface area contributed by atoms with Gasteiger partial charge < -0.3 is 5.32 Å². The van der Waals surface area contributed by atoms with Gasteiger partial charge in [0.05, 0.1) is 0 Å². The van der Waals surface area contributed by atoms with Crippen LogP contribution in [0.25, 0.3) is 17.1 Å². The maximum atomic E-state index is 12.5. The van der Waals surface area contributed by atoms with Crippen LogP contribution in [0.1, 0.15) is 40.2 Å². The van der Waals surface area contributed by atoms with Gasteiger partial charge in [0.15, 0.2) is 11.0 Å². The number of imide groups is 1. The number of rotatable bonds is 6. The van der Waals surface area contributed by atoms with Gasteiger partial charge in [0.1, 0.15) is 5.54 Å². The Bertz CT molecular complexity index is 1160. The van der Waals surface area contributed by atoms with Gasteiger partial charge in [-0.2, -0.15) is 0 Å². The third kappa shape index (κ3) is 4.66. The SMILES string of the molecule is CC1(C)NC(=O)N(CCSc2nnc(-c3ccc(C(C)(C)C)cc3)n2-c2ccccc2)C1=O. The standard InChI is InChI=1S/C25H29N5O2S/c1-24(2,3)18-13-11-17(12-14-18)20-27-28-23(30(20)19-9-7-6-8-10-19)33-16-15-29-21(31)25(4,5)26-22(29)32/h6-14H,15-16H2,1-5H3,(H,26,32). The highest BCUT2D eigenvalue weighted by Gasteiger charge is 2.43. The van der Waals surface area contributed by atoms with Crippen LogP contribution in [0.5, 0.6) is 0 Å². The Labute approximate surface area is 198 Å². The summed E-state index contributed by atoms with van der Waals surface area (Å²) >= 11 is 1.47. The Morgan fingerprint density at radius 1 is 0.970 bits per heavy atom. The molecule has 1 aromatic heterocycles. The van der Waals surface area contributed by atoms with Crippen molar-refractivity contribution >= 4 is 23.7 Å². The number of para-hydroxylation sites is 1. The molecule has 0 aliphatic carbocycles. The number of nitrogens with zero attached hydrogens (tertiary/aromatic N) is 4. The topological polar surface area (TPSA) is 80.1 Å². The Kier molecular flexibility index (Phi) is 6.05. The van der Waals surface area contributed by atoms with Crippen molar-refractivity contribution in [3.63, 3.8) is 0 Å². The van der Waals surface area contributed by atoms with Crippen molar-refractivity contribution in [1.29, 1.82) is 0 Å². The van der Waals surface area contributed by atoms with Gasteiger partial charge in [-0.05, 0) is 37.0 Å². The van der Waals surface area contributed by atoms with Crippen molar-refractivity contribution < 1.29 is 9.59 Å². The molecular weight excluding hydrogens is 434 g/mol. The first kappa shape index (κ1) is 23.0. The lowest BCUT2D eigenvalue weighted by molar-refractivity contribution is -0.130. The maximum absolute atomic E-state index is 12.5. The largest absolute Gasteiger partial charge is 0.325 e. The van der Waals surface area contributed by atoms with Crippen molar-refractivity contribution in [1.82, 2.24) is 25.0 Å². The summed E-state index contributed by atoms with van der Waals surface area (Å²) in [6.45, 7) is 10.3. The fourth-order valence-corrected chi connectivity index (χ4v) is 4.60. The molecule has 0 spiro atoms. The van der Waals surface area contributed by atoms with Crippen LogP contribution in [0.4, 0.5) is 4.79 Å². The van der Waals surface area contributed by atoms with Gasteiger partial charge in [0.25, 0.3) is 5.91 Å². The molecule has 8 heteroatoms. The summed E-state index contributed by atoms with van der Waals surface area (Å²) < 4.78 is 2.02. The van der Waals surface area contributed by atoms with Crippen molar-refractivity contribution in [3.05, 3.63) is 60.2 Å². The molecular formula is C25H29N5O2S. The molecule has 33 heavy (non-hydrogen) atoms. The van der Waals surface area contributed by atoms with E-state index in [0.717, 1.165) is 17.1 Å². The van der Waals surface area contributed by atoms with Crippen LogP contribution in [0.2, 0.25) is 0 Å². The average Bonchev–Trinajstić information content (AvgIpc) is 3.27. The van der Waals surface area contributed by atoms with E-state index in [4.69, 9.17) is 0 Å². The van der Waals surface area contributed by atoms with Crippen molar-refractivity contribution in [2.45, 2.75) is 50.7 Å². The molecule has 1 N–H and O–H groups in total. The minimum atomic E-state index is -0.863. The first-order valence-corrected chi connectivity index (χ1v) is 12.0. The molecule has 3 aromatic rings. The van der Waals surface area contributed by atoms with Crippen molar-refractivity contribution in [2.75, 3.05) is 12.3 Å². The van der Waals surface area contributed by atoms with Crippen molar-refractivity contribution in [3.8, 4) is 17.1 Å². The predicted molar refractivity (Wildman–Crippen MR) is 131 cm³/mol. The number of urea groups is 1. The van der Waals surface area contributed by atoms with E-state index < -0.39 is 5.54 Å². The van der Waals surface area contributed by atoms with Gasteiger partial charge in [-0.15, -0.1) is 10.2 Å². The second kappa shape index (κ2) is 8.67. The summed E-state index contributed by atoms with van der Waals surface area (Å²) in [4.78, 5) is 25.9. The summed E-state index contributed by atoms with van der Waals surface area (Å²) in [5.41, 5.74) is 2.39. The molecule has 3 amide bonds. The highest BCUT2D eigenvalue weighted by molar-refractivity contribution is 7.99. The van der Waals surface area contributed by atoms with E-state index >= 15 is 0 Å². The average molecular weight is 464 g/mol. The molecule has 0 atom stereocenters. The smallest absolute Gasteiger partial charge is 0.324 e. The normalized spacial score (nSPS) is 15.7. The molecule has 0 unspecified atom stereocenters. The van der Waals surface area contributed by atoms with Crippen LogP contribution < -0.4 is 5.32 Å². The zero-order valence-corrected chi connectivity index (χ0v) is 20.4. The Balaban J connectivity index is 1.60. The van der Waals surface area contributed by atoms with E-state index in [-0.39, 0.29) is 17.4 Å². The molecule has 2 aromatic carbocycles. The number of aromatic nitrogens is 3. The van der Waals surface area contributed by atoms with Crippen LogP contribution in [-0.4, -0.2) is 49.4 Å². The summed E-state index contributed by atoms with van der Waals surface area (Å²) in [6.07, 6.45) is 0. The van der Waals surface area contributed by atoms with E-state index in [1.54, 1.807) is 13.8 Å². The van der Waals surface area contributed by atoms with Gasteiger partial charge >= 0.3 is 6.03 Å². The highest BCUT2D eigenvalue weighted by Crippen LogP contribution is 2.30. The van der Waals surface area contributed by atoms with Crippen LogP contribution in [0, 0.1) is 0 Å². The van der Waals surface area contributed by atoms with Crippen molar-refractivity contribution in [2.24, 2.45) is 0 Å². The second-order valence-electron chi connectivity index (χ2n) is 9.66. The Hall–Kier alpha value is -3.13. The fourth-order valence-electron chi connectivity index (χ4n) is 3.73. The van der Waals surface area contributed by atoms with Crippen LogP contribution >= 0.6 is 11.8 Å². The lowest BCUT2D eigenvalue weighted by atomic mass is 9.87. The number of carbonyl (C=O) groups is 2. The zero-order valence-electron chi connectivity index (χ0n) is 19.6. The number of hydrogen-bond acceptors (Lipinski definition) is 5. The molecule has 1 saturated heterocycles. The van der Waals surface area contributed by atoms with E-state index in [1.165, 1.54) is 22.2 Å². The molecule has 172 valence electrons. The summed E-state index contributed by atoms with van der Waals surface area (Å²) in [6, 6.07) is 18.0. The molecule has 0 radical (unpaired) electrons. The van der Waals surface area contributed by atoms with Gasteiger partial charge in [-0.25, -0.2) is 4.79 Å². The minimum absolute atomic E-state index is 0.0699. The number of benzene rings is 2. The molecule has 1 aliphatic rings. The zero-order chi connectivity index (χ0) is 23.8. The van der Waals surface area contributed by atoms with Crippen LogP contribution in [-0.2, 0) is 10.2 Å². The van der Waals surface area contributed by atoms with E-state index in [0.29, 0.717) is 17.5 Å². The number of amides is 3. The van der Waals surface area contributed by atoms with Gasteiger partial charge in [-0.3, -0.25) is 14.3 Å². The van der Waals surface area contributed by atoms with Gasteiger partial charge in [-0.1, -0.05) is 75.0 Å². The van der Waals surface area contributed by atoms with E-state index in [1.807, 2.05) is 34.9 Å². The van der Waals surface area contributed by atoms with Gasteiger partial charge in [0.2, 0.25) is 0 Å². The molecule has 0 bridgehead atoms. The molecule has 2 heterocycles. The third-order valence-electron chi connectivity index (χ3n) is 5.65. The number of carbonyl (C=O) groups excluding carboxylic acids is 2. The Morgan fingerprint density at radius 2 is 1.64 bits per heavy atom. The molecule has 4 rings (SSSR count). The lowest BCUT2D eigenvalue weighted by Crippen LogP contribution is -2.40. The molecule has 0 saturated carbocycles. The monoisotopic (exact) mass is 463 g/mol. The molecule has 7 nitrogen and oxygen atoms in total. The molecule has 1 fully saturated rings. The predicted octanol–water partition coefficient (Wildman–Crippen LogP) is 4.65. The maximum Gasteiger partial charge on any atom is 0.325 e. The number of hydrogen-bond donors (Lipinski definition) is 1. The second-order valence-corrected chi connectivity index (χ2v) is 10.7. The summed E-state index contributed by atoms with van der Waals surface area (Å²) in [5.74, 6) is 1.06. The summed E-state index contributed by atoms with van der Waals surface area (Å²) in [7, 11) is 0. The molecule has 1 aliphatic heterocycles. The van der Waals surface area contributed by atoms with Gasteiger partial charge in [0, 0.05) is 23.5 Å².